The second kappa shape index (κ2) is 7.68. The van der Waals surface area contributed by atoms with Gasteiger partial charge in [-0.2, -0.15) is 0 Å². The van der Waals surface area contributed by atoms with Gasteiger partial charge in [0.15, 0.2) is 0 Å². The molecule has 0 spiro atoms. The van der Waals surface area contributed by atoms with E-state index in [4.69, 9.17) is 4.74 Å². The van der Waals surface area contributed by atoms with Crippen molar-refractivity contribution in [1.29, 1.82) is 0 Å². The Morgan fingerprint density at radius 2 is 2.05 bits per heavy atom. The van der Waals surface area contributed by atoms with Gasteiger partial charge in [0.2, 0.25) is 0 Å². The molecule has 2 rings (SSSR count). The van der Waals surface area contributed by atoms with Crippen LogP contribution in [0.15, 0.2) is 23.1 Å². The molecular formula is C15H23N3O2S. The molecule has 1 amide bonds. The predicted molar refractivity (Wildman–Crippen MR) is 85.9 cm³/mol. The summed E-state index contributed by atoms with van der Waals surface area (Å²) in [7, 11) is 3.49. The number of nitrogens with zero attached hydrogens (tertiary/aromatic N) is 2. The van der Waals surface area contributed by atoms with Crippen LogP contribution in [0.25, 0.3) is 0 Å². The molecule has 1 N–H and O–H groups in total. The van der Waals surface area contributed by atoms with Gasteiger partial charge in [0.1, 0.15) is 5.75 Å². The Labute approximate surface area is 130 Å². The number of benzene rings is 1. The number of carbonyl (C=O) groups excluding carboxylic acids is 1. The van der Waals surface area contributed by atoms with E-state index in [1.807, 2.05) is 30.1 Å². The molecule has 1 saturated heterocycles. The van der Waals surface area contributed by atoms with Gasteiger partial charge in [-0.1, -0.05) is 6.92 Å². The number of hydrogen-bond donors (Lipinski definition) is 1. The third kappa shape index (κ3) is 3.90. The van der Waals surface area contributed by atoms with E-state index in [9.17, 15) is 4.79 Å². The Morgan fingerprint density at radius 1 is 1.33 bits per heavy atom. The van der Waals surface area contributed by atoms with Crippen molar-refractivity contribution in [3.05, 3.63) is 23.8 Å². The number of amides is 1. The van der Waals surface area contributed by atoms with Gasteiger partial charge in [-0.15, -0.1) is 0 Å². The van der Waals surface area contributed by atoms with Gasteiger partial charge in [0.05, 0.1) is 12.0 Å². The SMILES string of the molecule is CCN1CCN(C(=O)c2ccc(SNC)c(OC)c2)CC1. The van der Waals surface area contributed by atoms with Crippen LogP contribution >= 0.6 is 11.9 Å². The Morgan fingerprint density at radius 3 is 2.62 bits per heavy atom. The summed E-state index contributed by atoms with van der Waals surface area (Å²) in [5.41, 5.74) is 0.692. The number of carbonyl (C=O) groups is 1. The molecule has 0 unspecified atom stereocenters. The van der Waals surface area contributed by atoms with Gasteiger partial charge in [-0.3, -0.25) is 9.52 Å². The Hall–Kier alpha value is -1.24. The Balaban J connectivity index is 2.09. The second-order valence-electron chi connectivity index (χ2n) is 4.90. The molecule has 1 fully saturated rings. The summed E-state index contributed by atoms with van der Waals surface area (Å²) < 4.78 is 8.39. The summed E-state index contributed by atoms with van der Waals surface area (Å²) in [4.78, 5) is 17.8. The molecule has 1 aromatic carbocycles. The summed E-state index contributed by atoms with van der Waals surface area (Å²) in [5.74, 6) is 0.817. The van der Waals surface area contributed by atoms with E-state index < -0.39 is 0 Å². The molecule has 0 aliphatic carbocycles. The lowest BCUT2D eigenvalue weighted by molar-refractivity contribution is 0.0643. The third-order valence-electron chi connectivity index (χ3n) is 3.73. The van der Waals surface area contributed by atoms with Crippen LogP contribution in [0, 0.1) is 0 Å². The van der Waals surface area contributed by atoms with Crippen LogP contribution in [-0.2, 0) is 0 Å². The summed E-state index contributed by atoms with van der Waals surface area (Å²) in [6.45, 7) is 6.69. The lowest BCUT2D eigenvalue weighted by atomic mass is 10.1. The van der Waals surface area contributed by atoms with E-state index in [1.165, 1.54) is 11.9 Å². The maximum Gasteiger partial charge on any atom is 0.254 e. The highest BCUT2D eigenvalue weighted by atomic mass is 32.2. The summed E-state index contributed by atoms with van der Waals surface area (Å²) in [6, 6.07) is 5.63. The zero-order valence-corrected chi connectivity index (χ0v) is 13.7. The van der Waals surface area contributed by atoms with E-state index in [2.05, 4.69) is 16.5 Å². The van der Waals surface area contributed by atoms with Gasteiger partial charge in [0, 0.05) is 31.7 Å². The van der Waals surface area contributed by atoms with Crippen molar-refractivity contribution < 1.29 is 9.53 Å². The average Bonchev–Trinajstić information content (AvgIpc) is 2.55. The monoisotopic (exact) mass is 309 g/mol. The van der Waals surface area contributed by atoms with Crippen molar-refractivity contribution in [2.75, 3.05) is 46.9 Å². The minimum absolute atomic E-state index is 0.0880. The zero-order chi connectivity index (χ0) is 15.2. The maximum atomic E-state index is 12.6. The van der Waals surface area contributed by atoms with Crippen LogP contribution in [0.4, 0.5) is 0 Å². The van der Waals surface area contributed by atoms with Crippen LogP contribution < -0.4 is 9.46 Å². The van der Waals surface area contributed by atoms with Gasteiger partial charge < -0.3 is 14.5 Å². The van der Waals surface area contributed by atoms with E-state index in [0.717, 1.165) is 43.4 Å². The van der Waals surface area contributed by atoms with Crippen LogP contribution in [0.1, 0.15) is 17.3 Å². The molecule has 21 heavy (non-hydrogen) atoms. The number of rotatable bonds is 5. The predicted octanol–water partition coefficient (Wildman–Crippen LogP) is 1.70. The average molecular weight is 309 g/mol. The van der Waals surface area contributed by atoms with Crippen molar-refractivity contribution in [3.63, 3.8) is 0 Å². The number of ether oxygens (including phenoxy) is 1. The first-order valence-electron chi connectivity index (χ1n) is 7.22. The molecule has 1 aromatic rings. The van der Waals surface area contributed by atoms with Gasteiger partial charge in [-0.25, -0.2) is 0 Å². The molecule has 0 aromatic heterocycles. The van der Waals surface area contributed by atoms with E-state index in [1.54, 1.807) is 7.11 Å². The van der Waals surface area contributed by atoms with E-state index in [0.29, 0.717) is 5.56 Å². The molecular weight excluding hydrogens is 286 g/mol. The fourth-order valence-corrected chi connectivity index (χ4v) is 3.04. The molecule has 0 radical (unpaired) electrons. The van der Waals surface area contributed by atoms with Gasteiger partial charge >= 0.3 is 0 Å². The molecule has 0 saturated carbocycles. The fraction of sp³-hybridized carbons (Fsp3) is 0.533. The van der Waals surface area contributed by atoms with Crippen molar-refractivity contribution in [3.8, 4) is 5.75 Å². The maximum absolute atomic E-state index is 12.6. The Kier molecular flexibility index (Phi) is 5.90. The number of nitrogens with one attached hydrogen (secondary N) is 1. The molecule has 6 heteroatoms. The molecule has 1 aliphatic rings. The van der Waals surface area contributed by atoms with E-state index in [-0.39, 0.29) is 5.91 Å². The quantitative estimate of drug-likeness (QED) is 0.839. The topological polar surface area (TPSA) is 44.8 Å². The molecule has 5 nitrogen and oxygen atoms in total. The van der Waals surface area contributed by atoms with Gasteiger partial charge in [-0.05, 0) is 43.7 Å². The number of hydrogen-bond acceptors (Lipinski definition) is 5. The van der Waals surface area contributed by atoms with Crippen molar-refractivity contribution in [2.45, 2.75) is 11.8 Å². The highest BCUT2D eigenvalue weighted by Gasteiger charge is 2.22. The van der Waals surface area contributed by atoms with Crippen LogP contribution in [-0.4, -0.2) is 62.6 Å². The first-order chi connectivity index (χ1) is 10.2. The third-order valence-corrected chi connectivity index (χ3v) is 4.49. The standard InChI is InChI=1S/C15H23N3O2S/c1-4-17-7-9-18(10-8-17)15(19)12-5-6-14(21-16-2)13(11-12)20-3/h5-6,11,16H,4,7-10H2,1-3H3. The largest absolute Gasteiger partial charge is 0.496 e. The molecule has 1 heterocycles. The van der Waals surface area contributed by atoms with Crippen LogP contribution in [0.3, 0.4) is 0 Å². The number of likely N-dealkylation sites (N-methyl/N-ethyl adjacent to an activating group) is 1. The highest BCUT2D eigenvalue weighted by molar-refractivity contribution is 7.97. The highest BCUT2D eigenvalue weighted by Crippen LogP contribution is 2.28. The zero-order valence-electron chi connectivity index (χ0n) is 12.9. The van der Waals surface area contributed by atoms with Crippen molar-refractivity contribution >= 4 is 17.9 Å². The first kappa shape index (κ1) is 16.1. The minimum Gasteiger partial charge on any atom is -0.496 e. The lowest BCUT2D eigenvalue weighted by Gasteiger charge is -2.34. The number of methoxy groups -OCH3 is 1. The summed E-state index contributed by atoms with van der Waals surface area (Å²) >= 11 is 1.48. The molecule has 0 atom stereocenters. The van der Waals surface area contributed by atoms with Crippen molar-refractivity contribution in [1.82, 2.24) is 14.5 Å². The molecule has 0 bridgehead atoms. The van der Waals surface area contributed by atoms with E-state index >= 15 is 0 Å². The van der Waals surface area contributed by atoms with Crippen LogP contribution in [0.2, 0.25) is 0 Å². The normalized spacial score (nSPS) is 16.0. The molecule has 1 aliphatic heterocycles. The van der Waals surface area contributed by atoms with Crippen molar-refractivity contribution in [2.24, 2.45) is 0 Å². The summed E-state index contributed by atoms with van der Waals surface area (Å²) in [6.07, 6.45) is 0. The lowest BCUT2D eigenvalue weighted by Crippen LogP contribution is -2.48. The summed E-state index contributed by atoms with van der Waals surface area (Å²) in [5, 5.41) is 0. The smallest absolute Gasteiger partial charge is 0.254 e. The van der Waals surface area contributed by atoms with Crippen LogP contribution in [0.5, 0.6) is 5.75 Å². The number of piperazine rings is 1. The minimum atomic E-state index is 0.0880. The molecule has 116 valence electrons. The second-order valence-corrected chi connectivity index (χ2v) is 5.95. The first-order valence-corrected chi connectivity index (χ1v) is 8.04. The fourth-order valence-electron chi connectivity index (χ4n) is 2.44. The van der Waals surface area contributed by atoms with Gasteiger partial charge in [0.25, 0.3) is 5.91 Å². The Bertz CT molecular complexity index is 488.